The van der Waals surface area contributed by atoms with E-state index in [0.29, 0.717) is 44.5 Å². The highest BCUT2D eigenvalue weighted by Gasteiger charge is 2.45. The van der Waals surface area contributed by atoms with Gasteiger partial charge in [0, 0.05) is 17.1 Å². The van der Waals surface area contributed by atoms with Crippen LogP contribution < -0.4 is 14.2 Å². The average molecular weight is 426 g/mol. The van der Waals surface area contributed by atoms with Gasteiger partial charge >= 0.3 is 0 Å². The third kappa shape index (κ3) is 3.82. The number of rotatable bonds is 6. The van der Waals surface area contributed by atoms with E-state index in [1.54, 1.807) is 38.4 Å². The first-order chi connectivity index (χ1) is 12.9. The van der Waals surface area contributed by atoms with Crippen molar-refractivity contribution in [3.05, 3.63) is 52.5 Å². The van der Waals surface area contributed by atoms with Crippen LogP contribution in [0.15, 0.2) is 36.4 Å². The van der Waals surface area contributed by atoms with Gasteiger partial charge in [0.05, 0.1) is 27.1 Å². The van der Waals surface area contributed by atoms with Crippen molar-refractivity contribution in [1.29, 1.82) is 0 Å². The van der Waals surface area contributed by atoms with E-state index in [-0.39, 0.29) is 0 Å². The number of hydrogen-bond acceptors (Lipinski definition) is 6. The Balaban J connectivity index is 2.02. The Morgan fingerprint density at radius 3 is 2.22 bits per heavy atom. The predicted molar refractivity (Wildman–Crippen MR) is 112 cm³/mol. The first-order valence-electron chi connectivity index (χ1n) is 8.14. The number of thiocarbonyl (C=S) groups is 1. The number of halogens is 1. The minimum absolute atomic E-state index is 0.401. The number of ether oxygens (including phenoxy) is 3. The molecule has 1 heterocycles. The van der Waals surface area contributed by atoms with Gasteiger partial charge in [0.2, 0.25) is 5.75 Å². The summed E-state index contributed by atoms with van der Waals surface area (Å²) in [7, 11) is 4.64. The lowest BCUT2D eigenvalue weighted by Crippen LogP contribution is -2.44. The van der Waals surface area contributed by atoms with Crippen molar-refractivity contribution >= 4 is 39.9 Å². The SMILES string of the molecule is COc1cc(C2(O)CSC(=S)N2Cc2ccc(Cl)cc2)cc(OC)c1OC. The normalized spacial score (nSPS) is 19.3. The Morgan fingerprint density at radius 1 is 1.11 bits per heavy atom. The Kier molecular flexibility index (Phi) is 6.05. The molecule has 1 fully saturated rings. The lowest BCUT2D eigenvalue weighted by atomic mass is 10.0. The van der Waals surface area contributed by atoms with Gasteiger partial charge < -0.3 is 24.2 Å². The third-order valence-corrected chi connectivity index (χ3v) is 6.28. The summed E-state index contributed by atoms with van der Waals surface area (Å²) in [6.07, 6.45) is 0. The minimum atomic E-state index is -1.30. The molecule has 1 atom stereocenters. The van der Waals surface area contributed by atoms with E-state index in [1.165, 1.54) is 11.8 Å². The number of aliphatic hydroxyl groups is 1. The number of thioether (sulfide) groups is 1. The molecule has 0 saturated carbocycles. The van der Waals surface area contributed by atoms with E-state index >= 15 is 0 Å². The standard InChI is InChI=1S/C19H20ClNO4S2/c1-23-15-8-13(9-16(24-2)17(15)25-3)19(22)11-27-18(26)21(19)10-12-4-6-14(20)7-5-12/h4-9,22H,10-11H2,1-3H3. The van der Waals surface area contributed by atoms with Gasteiger partial charge in [0.1, 0.15) is 4.32 Å². The molecule has 0 spiro atoms. The first kappa shape index (κ1) is 20.1. The van der Waals surface area contributed by atoms with Crippen LogP contribution in [0, 0.1) is 0 Å². The summed E-state index contributed by atoms with van der Waals surface area (Å²) in [5.74, 6) is 1.84. The van der Waals surface area contributed by atoms with Gasteiger partial charge in [-0.05, 0) is 29.8 Å². The molecule has 0 aliphatic carbocycles. The molecule has 1 N–H and O–H groups in total. The van der Waals surface area contributed by atoms with Crippen LogP contribution in [-0.4, -0.2) is 41.4 Å². The van der Waals surface area contributed by atoms with Crippen molar-refractivity contribution in [1.82, 2.24) is 4.90 Å². The van der Waals surface area contributed by atoms with Crippen molar-refractivity contribution < 1.29 is 19.3 Å². The van der Waals surface area contributed by atoms with Gasteiger partial charge in [-0.3, -0.25) is 0 Å². The van der Waals surface area contributed by atoms with E-state index in [9.17, 15) is 5.11 Å². The molecule has 1 saturated heterocycles. The summed E-state index contributed by atoms with van der Waals surface area (Å²) in [5.41, 5.74) is 0.322. The van der Waals surface area contributed by atoms with Crippen molar-refractivity contribution in [2.45, 2.75) is 12.3 Å². The Morgan fingerprint density at radius 2 is 1.70 bits per heavy atom. The highest BCUT2D eigenvalue weighted by Crippen LogP contribution is 2.46. The fourth-order valence-corrected chi connectivity index (χ4v) is 4.53. The van der Waals surface area contributed by atoms with Crippen LogP contribution in [0.5, 0.6) is 17.2 Å². The van der Waals surface area contributed by atoms with Crippen LogP contribution >= 0.6 is 35.6 Å². The fourth-order valence-electron chi connectivity index (χ4n) is 2.99. The molecule has 5 nitrogen and oxygen atoms in total. The van der Waals surface area contributed by atoms with Crippen LogP contribution in [-0.2, 0) is 12.3 Å². The lowest BCUT2D eigenvalue weighted by molar-refractivity contribution is -0.0511. The smallest absolute Gasteiger partial charge is 0.203 e. The summed E-state index contributed by atoms with van der Waals surface area (Å²) >= 11 is 12.9. The quantitative estimate of drug-likeness (QED) is 0.701. The number of benzene rings is 2. The third-order valence-electron chi connectivity index (χ3n) is 4.44. The van der Waals surface area contributed by atoms with E-state index in [0.717, 1.165) is 5.56 Å². The molecule has 2 aromatic rings. The first-order valence-corrected chi connectivity index (χ1v) is 9.92. The summed E-state index contributed by atoms with van der Waals surface area (Å²) in [5, 5.41) is 12.2. The summed E-state index contributed by atoms with van der Waals surface area (Å²) in [6, 6.07) is 11.0. The van der Waals surface area contributed by atoms with Crippen LogP contribution in [0.1, 0.15) is 11.1 Å². The lowest BCUT2D eigenvalue weighted by Gasteiger charge is -2.35. The maximum Gasteiger partial charge on any atom is 0.203 e. The summed E-state index contributed by atoms with van der Waals surface area (Å²) in [4.78, 5) is 1.80. The Hall–Kier alpha value is -1.67. The van der Waals surface area contributed by atoms with Crippen molar-refractivity contribution in [3.63, 3.8) is 0 Å². The van der Waals surface area contributed by atoms with Gasteiger partial charge in [0.25, 0.3) is 0 Å². The Bertz CT molecular complexity index is 821. The highest BCUT2D eigenvalue weighted by atomic mass is 35.5. The second-order valence-corrected chi connectivity index (χ2v) is 8.04. The minimum Gasteiger partial charge on any atom is -0.493 e. The molecule has 1 aliphatic rings. The fraction of sp³-hybridized carbons (Fsp3) is 0.316. The second-order valence-electron chi connectivity index (χ2n) is 6.00. The molecular formula is C19H20ClNO4S2. The van der Waals surface area contributed by atoms with Crippen LogP contribution in [0.25, 0.3) is 0 Å². The van der Waals surface area contributed by atoms with E-state index in [2.05, 4.69) is 0 Å². The molecular weight excluding hydrogens is 406 g/mol. The van der Waals surface area contributed by atoms with Crippen LogP contribution in [0.4, 0.5) is 0 Å². The molecule has 3 rings (SSSR count). The summed E-state index contributed by atoms with van der Waals surface area (Å²) in [6.45, 7) is 0.455. The van der Waals surface area contributed by atoms with Gasteiger partial charge in [-0.15, -0.1) is 0 Å². The second kappa shape index (κ2) is 8.14. The zero-order valence-corrected chi connectivity index (χ0v) is 17.6. The number of hydrogen-bond donors (Lipinski definition) is 1. The number of methoxy groups -OCH3 is 3. The molecule has 8 heteroatoms. The average Bonchev–Trinajstić information content (AvgIpc) is 2.97. The monoisotopic (exact) mass is 425 g/mol. The van der Waals surface area contributed by atoms with Gasteiger partial charge in [0.15, 0.2) is 17.2 Å². The maximum absolute atomic E-state index is 11.6. The molecule has 144 valence electrons. The highest BCUT2D eigenvalue weighted by molar-refractivity contribution is 8.23. The molecule has 27 heavy (non-hydrogen) atoms. The van der Waals surface area contributed by atoms with Crippen molar-refractivity contribution in [2.75, 3.05) is 27.1 Å². The van der Waals surface area contributed by atoms with E-state index in [4.69, 9.17) is 38.0 Å². The zero-order chi connectivity index (χ0) is 19.6. The molecule has 2 aromatic carbocycles. The van der Waals surface area contributed by atoms with E-state index in [1.807, 2.05) is 24.3 Å². The topological polar surface area (TPSA) is 51.2 Å². The molecule has 0 bridgehead atoms. The zero-order valence-electron chi connectivity index (χ0n) is 15.2. The van der Waals surface area contributed by atoms with Crippen molar-refractivity contribution in [3.8, 4) is 17.2 Å². The van der Waals surface area contributed by atoms with Crippen LogP contribution in [0.2, 0.25) is 5.02 Å². The Labute approximate surface area is 173 Å². The molecule has 0 amide bonds. The molecule has 1 unspecified atom stereocenters. The maximum atomic E-state index is 11.6. The largest absolute Gasteiger partial charge is 0.493 e. The molecule has 0 aromatic heterocycles. The van der Waals surface area contributed by atoms with Crippen molar-refractivity contribution in [2.24, 2.45) is 0 Å². The van der Waals surface area contributed by atoms with Gasteiger partial charge in [-0.25, -0.2) is 0 Å². The number of nitrogens with zero attached hydrogens (tertiary/aromatic N) is 1. The molecule has 0 radical (unpaired) electrons. The summed E-state index contributed by atoms with van der Waals surface area (Å²) < 4.78 is 16.9. The molecule has 1 aliphatic heterocycles. The van der Waals surface area contributed by atoms with Gasteiger partial charge in [-0.1, -0.05) is 47.7 Å². The van der Waals surface area contributed by atoms with Crippen LogP contribution in [0.3, 0.4) is 0 Å². The van der Waals surface area contributed by atoms with E-state index < -0.39 is 5.72 Å². The predicted octanol–water partition coefficient (Wildman–Crippen LogP) is 4.04. The van der Waals surface area contributed by atoms with Gasteiger partial charge in [-0.2, -0.15) is 0 Å².